The Labute approximate surface area is 199 Å². The molecule has 0 radical (unpaired) electrons. The summed E-state index contributed by atoms with van der Waals surface area (Å²) in [4.78, 5) is 15.2. The molecule has 6 rings (SSSR count). The number of carbonyl (C=O) groups is 1. The van der Waals surface area contributed by atoms with Crippen molar-refractivity contribution in [3.05, 3.63) is 48.0 Å². The van der Waals surface area contributed by atoms with Gasteiger partial charge < -0.3 is 19.7 Å². The number of carbonyl (C=O) groups excluding carboxylic acids is 1. The molecule has 1 aliphatic carbocycles. The van der Waals surface area contributed by atoms with Crippen molar-refractivity contribution in [3.8, 4) is 11.5 Å². The van der Waals surface area contributed by atoms with Gasteiger partial charge in [-0.3, -0.25) is 4.79 Å². The minimum absolute atomic E-state index is 0.0349. The van der Waals surface area contributed by atoms with Crippen molar-refractivity contribution in [1.82, 2.24) is 4.90 Å². The number of benzene rings is 2. The van der Waals surface area contributed by atoms with Crippen LogP contribution in [0.3, 0.4) is 0 Å². The van der Waals surface area contributed by atoms with Gasteiger partial charge in [-0.15, -0.1) is 4.40 Å². The van der Waals surface area contributed by atoms with E-state index < -0.39 is 15.8 Å². The normalized spacial score (nSPS) is 22.4. The summed E-state index contributed by atoms with van der Waals surface area (Å²) in [6.45, 7) is 1.15. The lowest BCUT2D eigenvalue weighted by molar-refractivity contribution is -0.121. The molecule has 0 unspecified atom stereocenters. The molecule has 3 heterocycles. The number of sulfonamides is 1. The number of rotatable bonds is 2. The third kappa shape index (κ3) is 3.72. The molecule has 0 aromatic heterocycles. The Balaban J connectivity index is 1.09. The topological polar surface area (TPSA) is 97.3 Å². The number of nitrogens with one attached hydrogen (secondary N) is 1. The van der Waals surface area contributed by atoms with Crippen molar-refractivity contribution < 1.29 is 22.7 Å². The molecule has 1 N–H and O–H groups in total. The van der Waals surface area contributed by atoms with Crippen LogP contribution in [0.5, 0.6) is 11.5 Å². The van der Waals surface area contributed by atoms with Crippen LogP contribution in [0.4, 0.5) is 5.69 Å². The van der Waals surface area contributed by atoms with Crippen LogP contribution in [0.2, 0.25) is 0 Å². The van der Waals surface area contributed by atoms with Crippen LogP contribution in [-0.4, -0.2) is 43.9 Å². The van der Waals surface area contributed by atoms with Crippen LogP contribution >= 0.6 is 0 Å². The Morgan fingerprint density at radius 3 is 2.53 bits per heavy atom. The Kier molecular flexibility index (Phi) is 5.05. The summed E-state index contributed by atoms with van der Waals surface area (Å²) in [5.41, 5.74) is 1.34. The predicted molar refractivity (Wildman–Crippen MR) is 127 cm³/mol. The van der Waals surface area contributed by atoms with E-state index in [4.69, 9.17) is 9.47 Å². The average molecular weight is 482 g/mol. The average Bonchev–Trinajstić information content (AvgIpc) is 3.33. The van der Waals surface area contributed by atoms with Crippen molar-refractivity contribution in [2.24, 2.45) is 10.3 Å². The van der Waals surface area contributed by atoms with Crippen LogP contribution in [0, 0.1) is 5.92 Å². The first-order valence-electron chi connectivity index (χ1n) is 11.9. The number of piperidine rings is 1. The highest BCUT2D eigenvalue weighted by Crippen LogP contribution is 2.46. The number of hydrogen-bond acceptors (Lipinski definition) is 6. The maximum atomic E-state index is 13.0. The summed E-state index contributed by atoms with van der Waals surface area (Å²) in [6, 6.07) is 12.5. The van der Waals surface area contributed by atoms with E-state index in [0.717, 1.165) is 31.4 Å². The highest BCUT2D eigenvalue weighted by molar-refractivity contribution is 7.90. The zero-order chi connectivity index (χ0) is 23.3. The highest BCUT2D eigenvalue weighted by Gasteiger charge is 2.42. The predicted octanol–water partition coefficient (Wildman–Crippen LogP) is 3.92. The number of fused-ring (bicyclic) bond motifs is 2. The van der Waals surface area contributed by atoms with E-state index >= 15 is 0 Å². The second-order valence-corrected chi connectivity index (χ2v) is 11.0. The van der Waals surface area contributed by atoms with Gasteiger partial charge in [0.25, 0.3) is 15.8 Å². The fraction of sp³-hybridized carbons (Fsp3) is 0.440. The number of hydrogen-bond donors (Lipinski definition) is 1. The Bertz CT molecular complexity index is 1280. The van der Waals surface area contributed by atoms with Crippen molar-refractivity contribution >= 4 is 27.5 Å². The first-order valence-corrected chi connectivity index (χ1v) is 13.4. The van der Waals surface area contributed by atoms with Crippen molar-refractivity contribution in [1.29, 1.82) is 0 Å². The molecule has 1 saturated heterocycles. The molecule has 8 nitrogen and oxygen atoms in total. The molecule has 4 aliphatic rings. The summed E-state index contributed by atoms with van der Waals surface area (Å²) in [7, 11) is -3.65. The minimum Gasteiger partial charge on any atom is -0.448 e. The van der Waals surface area contributed by atoms with Crippen molar-refractivity contribution in [2.75, 3.05) is 18.4 Å². The highest BCUT2D eigenvalue weighted by atomic mass is 32.2. The molecule has 178 valence electrons. The molecule has 9 heteroatoms. The number of ether oxygens (including phenoxy) is 2. The maximum absolute atomic E-state index is 13.0. The number of amidine groups is 1. The van der Waals surface area contributed by atoms with Crippen molar-refractivity contribution in [3.63, 3.8) is 0 Å². The summed E-state index contributed by atoms with van der Waals surface area (Å²) >= 11 is 0. The monoisotopic (exact) mass is 481 g/mol. The van der Waals surface area contributed by atoms with E-state index in [2.05, 4.69) is 9.71 Å². The van der Waals surface area contributed by atoms with E-state index in [9.17, 15) is 13.2 Å². The molecule has 1 saturated carbocycles. The third-order valence-electron chi connectivity index (χ3n) is 7.20. The van der Waals surface area contributed by atoms with Gasteiger partial charge in [-0.2, -0.15) is 8.42 Å². The van der Waals surface area contributed by atoms with Gasteiger partial charge in [0.15, 0.2) is 17.3 Å². The number of amides is 1. The molecule has 2 aromatic carbocycles. The standard InChI is InChI=1S/C25H27N3O5S/c29-24(26-18-8-9-20-21(16-18)33-25(32-20)12-4-1-5-13-25)17-10-14-28(15-11-17)23-19-6-2-3-7-22(19)34(30,31)27-23/h2-3,6-9,16-17H,1,4-5,10-15H2,(H,26,29). The smallest absolute Gasteiger partial charge is 0.285 e. The largest absolute Gasteiger partial charge is 0.448 e. The molecule has 0 bridgehead atoms. The van der Waals surface area contributed by atoms with Gasteiger partial charge in [0.05, 0.1) is 0 Å². The van der Waals surface area contributed by atoms with Gasteiger partial charge in [0.1, 0.15) is 4.90 Å². The van der Waals surface area contributed by atoms with Crippen LogP contribution in [-0.2, 0) is 14.8 Å². The molecular formula is C25H27N3O5S. The molecule has 2 fully saturated rings. The van der Waals surface area contributed by atoms with Crippen LogP contribution < -0.4 is 14.8 Å². The van der Waals surface area contributed by atoms with Crippen LogP contribution in [0.1, 0.15) is 50.5 Å². The van der Waals surface area contributed by atoms with Crippen LogP contribution in [0.25, 0.3) is 0 Å². The first kappa shape index (κ1) is 21.5. The molecule has 1 amide bonds. The summed E-state index contributed by atoms with van der Waals surface area (Å²) in [5, 5.41) is 3.03. The lowest BCUT2D eigenvalue weighted by Crippen LogP contribution is -2.41. The minimum atomic E-state index is -3.65. The van der Waals surface area contributed by atoms with Gasteiger partial charge >= 0.3 is 0 Å². The van der Waals surface area contributed by atoms with Crippen molar-refractivity contribution in [2.45, 2.75) is 55.6 Å². The summed E-state index contributed by atoms with van der Waals surface area (Å²) in [5.74, 6) is 1.19. The molecule has 3 aliphatic heterocycles. The fourth-order valence-electron chi connectivity index (χ4n) is 5.38. The number of nitrogens with zero attached hydrogens (tertiary/aromatic N) is 2. The Hall–Kier alpha value is -3.07. The maximum Gasteiger partial charge on any atom is 0.285 e. The van der Waals surface area contributed by atoms with E-state index in [-0.39, 0.29) is 16.7 Å². The van der Waals surface area contributed by atoms with E-state index in [0.29, 0.717) is 48.8 Å². The third-order valence-corrected chi connectivity index (χ3v) is 8.52. The van der Waals surface area contributed by atoms with Crippen LogP contribution in [0.15, 0.2) is 51.8 Å². The van der Waals surface area contributed by atoms with Gasteiger partial charge in [0.2, 0.25) is 5.91 Å². The molecule has 1 spiro atoms. The van der Waals surface area contributed by atoms with E-state index in [1.807, 2.05) is 29.2 Å². The number of anilines is 1. The SMILES string of the molecule is O=C(Nc1ccc2c(c1)OC1(CCCCC1)O2)C1CCN(C2=NS(=O)(=O)c3ccccc32)CC1. The van der Waals surface area contributed by atoms with Gasteiger partial charge in [-0.1, -0.05) is 18.6 Å². The first-order chi connectivity index (χ1) is 16.4. The van der Waals surface area contributed by atoms with E-state index in [1.54, 1.807) is 18.2 Å². The molecular weight excluding hydrogens is 454 g/mol. The zero-order valence-corrected chi connectivity index (χ0v) is 19.6. The molecule has 2 aromatic rings. The Morgan fingerprint density at radius 1 is 1.00 bits per heavy atom. The summed E-state index contributed by atoms with van der Waals surface area (Å²) < 4.78 is 41.0. The molecule has 34 heavy (non-hydrogen) atoms. The zero-order valence-electron chi connectivity index (χ0n) is 18.8. The summed E-state index contributed by atoms with van der Waals surface area (Å²) in [6.07, 6.45) is 6.43. The Morgan fingerprint density at radius 2 is 1.74 bits per heavy atom. The quantitative estimate of drug-likeness (QED) is 0.698. The second-order valence-electron chi connectivity index (χ2n) is 9.47. The van der Waals surface area contributed by atoms with Gasteiger partial charge in [-0.05, 0) is 49.9 Å². The molecule has 0 atom stereocenters. The lowest BCUT2D eigenvalue weighted by Gasteiger charge is -2.32. The second kappa shape index (κ2) is 8.01. The van der Waals surface area contributed by atoms with Gasteiger partial charge in [0, 0.05) is 49.2 Å². The van der Waals surface area contributed by atoms with E-state index in [1.165, 1.54) is 6.42 Å². The van der Waals surface area contributed by atoms with Gasteiger partial charge in [-0.25, -0.2) is 0 Å². The fourth-order valence-corrected chi connectivity index (χ4v) is 6.61. The number of likely N-dealkylation sites (tertiary alicyclic amines) is 1. The lowest BCUT2D eigenvalue weighted by atomic mass is 9.94.